The summed E-state index contributed by atoms with van der Waals surface area (Å²) in [6, 6.07) is 0. The number of imidazole rings is 1. The van der Waals surface area contributed by atoms with E-state index in [1.54, 1.807) is 19.4 Å². The summed E-state index contributed by atoms with van der Waals surface area (Å²) in [5.74, 6) is 3.61. The Morgan fingerprint density at radius 3 is 2.59 bits per heavy atom. The number of aromatic nitrogens is 4. The minimum absolute atomic E-state index is 0.188. The molecule has 1 fully saturated rings. The van der Waals surface area contributed by atoms with E-state index in [1.165, 1.54) is 5.57 Å². The average Bonchev–Trinajstić information content (AvgIpc) is 3.38. The summed E-state index contributed by atoms with van der Waals surface area (Å²) in [6.45, 7) is 13.3. The van der Waals surface area contributed by atoms with E-state index in [9.17, 15) is 4.79 Å². The summed E-state index contributed by atoms with van der Waals surface area (Å²) >= 11 is 0. The third-order valence-corrected chi connectivity index (χ3v) is 7.29. The van der Waals surface area contributed by atoms with Crippen LogP contribution in [-0.4, -0.2) is 68.2 Å². The van der Waals surface area contributed by atoms with Gasteiger partial charge in [0.25, 0.3) is 5.89 Å². The van der Waals surface area contributed by atoms with Gasteiger partial charge in [0.2, 0.25) is 11.8 Å². The molecule has 2 aromatic heterocycles. The molecule has 2 aromatic rings. The van der Waals surface area contributed by atoms with Crippen LogP contribution in [0.25, 0.3) is 11.6 Å². The second-order valence-electron chi connectivity index (χ2n) is 9.82. The smallest absolute Gasteiger partial charge is 0.265 e. The van der Waals surface area contributed by atoms with Crippen molar-refractivity contribution in [2.75, 3.05) is 32.7 Å². The van der Waals surface area contributed by atoms with Crippen LogP contribution in [0.3, 0.4) is 0 Å². The molecule has 3 atom stereocenters. The second kappa shape index (κ2) is 9.57. The zero-order chi connectivity index (χ0) is 22.8. The van der Waals surface area contributed by atoms with Gasteiger partial charge in [-0.25, -0.2) is 4.98 Å². The van der Waals surface area contributed by atoms with E-state index in [4.69, 9.17) is 4.42 Å². The van der Waals surface area contributed by atoms with Gasteiger partial charge in [0, 0.05) is 53.1 Å². The number of piperazine rings is 1. The number of carbonyl (C=O) groups is 1. The molecular formula is C24H36N6O2. The van der Waals surface area contributed by atoms with E-state index in [-0.39, 0.29) is 5.91 Å². The number of hydrogen-bond acceptors (Lipinski definition) is 6. The number of amides is 1. The van der Waals surface area contributed by atoms with Gasteiger partial charge in [-0.3, -0.25) is 9.69 Å². The average molecular weight is 441 g/mol. The van der Waals surface area contributed by atoms with E-state index >= 15 is 0 Å². The van der Waals surface area contributed by atoms with Crippen LogP contribution >= 0.6 is 0 Å². The van der Waals surface area contributed by atoms with Crippen molar-refractivity contribution in [3.63, 3.8) is 0 Å². The molecule has 2 aliphatic rings. The lowest BCUT2D eigenvalue weighted by Crippen LogP contribution is -2.50. The molecular weight excluding hydrogens is 404 g/mol. The van der Waals surface area contributed by atoms with Crippen LogP contribution < -0.4 is 0 Å². The highest BCUT2D eigenvalue weighted by atomic mass is 16.4. The van der Waals surface area contributed by atoms with E-state index in [2.05, 4.69) is 46.9 Å². The van der Waals surface area contributed by atoms with Crippen molar-refractivity contribution < 1.29 is 9.21 Å². The maximum Gasteiger partial charge on any atom is 0.265 e. The first kappa shape index (κ1) is 22.7. The number of rotatable bonds is 6. The molecule has 0 aromatic carbocycles. The third kappa shape index (κ3) is 4.95. The Hall–Kier alpha value is -2.48. The highest BCUT2D eigenvalue weighted by Gasteiger charge is 2.34. The first-order chi connectivity index (χ1) is 15.3. The van der Waals surface area contributed by atoms with Gasteiger partial charge in [-0.2, -0.15) is 0 Å². The maximum absolute atomic E-state index is 11.6. The Morgan fingerprint density at radius 2 is 1.97 bits per heavy atom. The molecule has 8 nitrogen and oxygen atoms in total. The molecule has 1 aliphatic carbocycles. The fraction of sp³-hybridized carbons (Fsp3) is 0.667. The monoisotopic (exact) mass is 440 g/mol. The van der Waals surface area contributed by atoms with E-state index < -0.39 is 0 Å². The molecule has 0 radical (unpaired) electrons. The Labute approximate surface area is 190 Å². The molecule has 1 aliphatic heterocycles. The van der Waals surface area contributed by atoms with Crippen LogP contribution in [0.1, 0.15) is 40.0 Å². The van der Waals surface area contributed by atoms with Gasteiger partial charge in [-0.05, 0) is 37.0 Å². The van der Waals surface area contributed by atoms with Crippen molar-refractivity contribution in [1.29, 1.82) is 0 Å². The number of allylic oxidation sites excluding steroid dienone is 1. The fourth-order valence-corrected chi connectivity index (χ4v) is 5.24. The highest BCUT2D eigenvalue weighted by Crippen LogP contribution is 2.39. The molecule has 3 heterocycles. The normalized spacial score (nSPS) is 24.8. The van der Waals surface area contributed by atoms with Crippen molar-refractivity contribution in [3.8, 4) is 11.6 Å². The van der Waals surface area contributed by atoms with Gasteiger partial charge in [0.05, 0.1) is 12.5 Å². The predicted molar refractivity (Wildman–Crippen MR) is 123 cm³/mol. The molecule has 0 spiro atoms. The van der Waals surface area contributed by atoms with Crippen LogP contribution in [0, 0.1) is 23.7 Å². The van der Waals surface area contributed by atoms with Gasteiger partial charge < -0.3 is 13.9 Å². The second-order valence-corrected chi connectivity index (χ2v) is 9.82. The van der Waals surface area contributed by atoms with Gasteiger partial charge in [0.1, 0.15) is 5.69 Å². The van der Waals surface area contributed by atoms with Gasteiger partial charge >= 0.3 is 0 Å². The molecule has 1 amide bonds. The van der Waals surface area contributed by atoms with Gasteiger partial charge in [0.15, 0.2) is 0 Å². The molecule has 0 saturated carbocycles. The molecule has 0 bridgehead atoms. The number of nitrogens with zero attached hydrogens (tertiary/aromatic N) is 6. The van der Waals surface area contributed by atoms with Gasteiger partial charge in [-0.1, -0.05) is 25.5 Å². The first-order valence-electron chi connectivity index (χ1n) is 11.8. The summed E-state index contributed by atoms with van der Waals surface area (Å²) in [5, 5.41) is 8.56. The Morgan fingerprint density at radius 1 is 1.22 bits per heavy atom. The van der Waals surface area contributed by atoms with Crippen molar-refractivity contribution in [2.24, 2.45) is 30.7 Å². The van der Waals surface area contributed by atoms with Crippen LogP contribution in [0.5, 0.6) is 0 Å². The quantitative estimate of drug-likeness (QED) is 0.643. The lowest BCUT2D eigenvalue weighted by molar-refractivity contribution is -0.130. The lowest BCUT2D eigenvalue weighted by Gasteiger charge is -2.41. The third-order valence-electron chi connectivity index (χ3n) is 7.29. The van der Waals surface area contributed by atoms with Crippen molar-refractivity contribution in [2.45, 2.75) is 40.5 Å². The molecule has 174 valence electrons. The summed E-state index contributed by atoms with van der Waals surface area (Å²) < 4.78 is 7.87. The summed E-state index contributed by atoms with van der Waals surface area (Å²) in [6.07, 6.45) is 7.90. The molecule has 3 unspecified atom stereocenters. The molecule has 4 rings (SSSR count). The zero-order valence-corrected chi connectivity index (χ0v) is 20.0. The number of carbonyl (C=O) groups excluding carboxylic acids is 1. The van der Waals surface area contributed by atoms with Crippen LogP contribution in [-0.2, 0) is 18.3 Å². The van der Waals surface area contributed by atoms with Crippen molar-refractivity contribution >= 4 is 5.91 Å². The number of aryl methyl sites for hydroxylation is 1. The molecule has 1 saturated heterocycles. The lowest BCUT2D eigenvalue weighted by atomic mass is 9.69. The van der Waals surface area contributed by atoms with Crippen molar-refractivity contribution in [1.82, 2.24) is 29.5 Å². The minimum atomic E-state index is 0.188. The molecule has 8 heteroatoms. The summed E-state index contributed by atoms with van der Waals surface area (Å²) in [7, 11) is 1.92. The SMILES string of the molecule is CC(=O)N1CCN(CC2C=C(C)C(Cc3nnc(-c4cncn4C)o3)CC2C(C)C)CC1. The minimum Gasteiger partial charge on any atom is -0.419 e. The first-order valence-corrected chi connectivity index (χ1v) is 11.8. The fourth-order valence-electron chi connectivity index (χ4n) is 5.24. The predicted octanol–water partition coefficient (Wildman–Crippen LogP) is 3.03. The van der Waals surface area contributed by atoms with E-state index in [0.29, 0.717) is 35.5 Å². The van der Waals surface area contributed by atoms with Crippen molar-refractivity contribution in [3.05, 3.63) is 30.1 Å². The topological polar surface area (TPSA) is 80.3 Å². The van der Waals surface area contributed by atoms with E-state index in [0.717, 1.165) is 51.3 Å². The maximum atomic E-state index is 11.6. The van der Waals surface area contributed by atoms with Crippen LogP contribution in [0.15, 0.2) is 28.6 Å². The molecule has 0 N–H and O–H groups in total. The van der Waals surface area contributed by atoms with Crippen LogP contribution in [0.2, 0.25) is 0 Å². The molecule has 32 heavy (non-hydrogen) atoms. The summed E-state index contributed by atoms with van der Waals surface area (Å²) in [5.41, 5.74) is 2.26. The standard InChI is InChI=1S/C24H36N6O2/c1-16(2)21-11-19(12-23-26-27-24(32-23)22-13-25-15-28(22)5)17(3)10-20(21)14-29-6-8-30(9-7-29)18(4)31/h10,13,15-16,19-21H,6-9,11-12,14H2,1-5H3. The van der Waals surface area contributed by atoms with Crippen LogP contribution in [0.4, 0.5) is 0 Å². The Kier molecular flexibility index (Phi) is 6.79. The largest absolute Gasteiger partial charge is 0.419 e. The summed E-state index contributed by atoms with van der Waals surface area (Å²) in [4.78, 5) is 20.2. The van der Waals surface area contributed by atoms with E-state index in [1.807, 2.05) is 16.5 Å². The Bertz CT molecular complexity index is 953. The zero-order valence-electron chi connectivity index (χ0n) is 20.0. The Balaban J connectivity index is 1.42. The highest BCUT2D eigenvalue weighted by molar-refractivity contribution is 5.73. The van der Waals surface area contributed by atoms with Gasteiger partial charge in [-0.15, -0.1) is 10.2 Å². The number of hydrogen-bond donors (Lipinski definition) is 0.